The second kappa shape index (κ2) is 11.8. The summed E-state index contributed by atoms with van der Waals surface area (Å²) in [6, 6.07) is 0. The van der Waals surface area contributed by atoms with E-state index in [2.05, 4.69) is 0 Å². The molecule has 1 N–H and O–H groups in total. The Labute approximate surface area is 102 Å². The zero-order chi connectivity index (χ0) is 12.9. The third-order valence-electron chi connectivity index (χ3n) is 1.82. The molecule has 0 aliphatic carbocycles. The molecule has 0 heterocycles. The highest BCUT2D eigenvalue weighted by Crippen LogP contribution is 1.94. The van der Waals surface area contributed by atoms with E-state index in [9.17, 15) is 4.79 Å². The molecule has 0 fully saturated rings. The number of aliphatic hydroxyl groups is 1. The van der Waals surface area contributed by atoms with Crippen molar-refractivity contribution < 1.29 is 28.8 Å². The van der Waals surface area contributed by atoms with Gasteiger partial charge in [-0.15, -0.1) is 0 Å². The number of rotatable bonds is 11. The van der Waals surface area contributed by atoms with Crippen LogP contribution in [0.2, 0.25) is 0 Å². The molecule has 0 aliphatic heterocycles. The van der Waals surface area contributed by atoms with Gasteiger partial charge < -0.3 is 24.1 Å². The van der Waals surface area contributed by atoms with Gasteiger partial charge in [0, 0.05) is 0 Å². The number of carbonyl (C=O) groups is 1. The highest BCUT2D eigenvalue weighted by atomic mass is 16.6. The maximum absolute atomic E-state index is 11.1. The number of aliphatic hydroxyl groups excluding tert-OH is 1. The summed E-state index contributed by atoms with van der Waals surface area (Å²) in [5.41, 5.74) is 0. The van der Waals surface area contributed by atoms with Crippen LogP contribution in [0.5, 0.6) is 0 Å². The summed E-state index contributed by atoms with van der Waals surface area (Å²) in [4.78, 5) is 11.1. The first kappa shape index (κ1) is 16.3. The molecule has 0 radical (unpaired) electrons. The van der Waals surface area contributed by atoms with Crippen molar-refractivity contribution in [2.75, 3.05) is 46.2 Å². The van der Waals surface area contributed by atoms with Crippen LogP contribution in [0.15, 0.2) is 0 Å². The number of hydrogen-bond acceptors (Lipinski definition) is 6. The quantitative estimate of drug-likeness (QED) is 0.410. The average molecular weight is 250 g/mol. The minimum Gasteiger partial charge on any atom is -0.464 e. The Kier molecular flexibility index (Phi) is 11.3. The summed E-state index contributed by atoms with van der Waals surface area (Å²) in [7, 11) is 0. The Balaban J connectivity index is 3.24. The van der Waals surface area contributed by atoms with Crippen LogP contribution in [0.25, 0.3) is 0 Å². The lowest BCUT2D eigenvalue weighted by atomic mass is 10.4. The van der Waals surface area contributed by atoms with Gasteiger partial charge >= 0.3 is 5.97 Å². The fourth-order valence-electron chi connectivity index (χ4n) is 0.998. The number of ether oxygens (including phenoxy) is 4. The first-order valence-electron chi connectivity index (χ1n) is 5.77. The van der Waals surface area contributed by atoms with Gasteiger partial charge in [0.15, 0.2) is 6.10 Å². The standard InChI is InChI=1S/C11H22O6/c1-3-16-11(13)10(2)17-9-8-15-7-6-14-5-4-12/h10,12H,3-9H2,1-2H3/t10-/m0/s1. The average Bonchev–Trinajstić information content (AvgIpc) is 2.32. The minimum atomic E-state index is -0.566. The second-order valence-corrected chi connectivity index (χ2v) is 3.21. The highest BCUT2D eigenvalue weighted by Gasteiger charge is 2.13. The lowest BCUT2D eigenvalue weighted by Gasteiger charge is -2.11. The van der Waals surface area contributed by atoms with Gasteiger partial charge in [0.1, 0.15) is 0 Å². The zero-order valence-corrected chi connectivity index (χ0v) is 10.5. The molecule has 6 heteroatoms. The van der Waals surface area contributed by atoms with Gasteiger partial charge in [-0.1, -0.05) is 0 Å². The Bertz CT molecular complexity index is 185. The Morgan fingerprint density at radius 1 is 1.12 bits per heavy atom. The van der Waals surface area contributed by atoms with Crippen molar-refractivity contribution in [1.82, 2.24) is 0 Å². The molecule has 0 aliphatic rings. The van der Waals surface area contributed by atoms with Gasteiger partial charge in [-0.25, -0.2) is 4.79 Å². The van der Waals surface area contributed by atoms with Gasteiger partial charge in [-0.2, -0.15) is 0 Å². The van der Waals surface area contributed by atoms with Gasteiger partial charge in [-0.05, 0) is 13.8 Å². The van der Waals surface area contributed by atoms with Gasteiger partial charge in [0.2, 0.25) is 0 Å². The fourth-order valence-corrected chi connectivity index (χ4v) is 0.998. The predicted molar refractivity (Wildman–Crippen MR) is 60.8 cm³/mol. The molecule has 17 heavy (non-hydrogen) atoms. The van der Waals surface area contributed by atoms with Crippen molar-refractivity contribution >= 4 is 5.97 Å². The minimum absolute atomic E-state index is 0.0141. The van der Waals surface area contributed by atoms with E-state index in [1.807, 2.05) is 0 Å². The molecule has 0 rings (SSSR count). The van der Waals surface area contributed by atoms with E-state index in [0.717, 1.165) is 0 Å². The third kappa shape index (κ3) is 10.2. The van der Waals surface area contributed by atoms with Crippen molar-refractivity contribution in [1.29, 1.82) is 0 Å². The van der Waals surface area contributed by atoms with Crippen LogP contribution in [-0.2, 0) is 23.7 Å². The number of carbonyl (C=O) groups excluding carboxylic acids is 1. The van der Waals surface area contributed by atoms with E-state index in [4.69, 9.17) is 24.1 Å². The van der Waals surface area contributed by atoms with E-state index in [1.54, 1.807) is 13.8 Å². The van der Waals surface area contributed by atoms with Crippen LogP contribution in [-0.4, -0.2) is 63.4 Å². The molecule has 0 aromatic rings. The van der Waals surface area contributed by atoms with Crippen molar-refractivity contribution in [3.63, 3.8) is 0 Å². The second-order valence-electron chi connectivity index (χ2n) is 3.21. The molecular formula is C11H22O6. The SMILES string of the molecule is CCOC(=O)[C@H](C)OCCOCCOCCO. The van der Waals surface area contributed by atoms with Crippen LogP contribution in [0.1, 0.15) is 13.8 Å². The topological polar surface area (TPSA) is 74.2 Å². The summed E-state index contributed by atoms with van der Waals surface area (Å²) < 4.78 is 20.2. The van der Waals surface area contributed by atoms with Crippen LogP contribution in [0.3, 0.4) is 0 Å². The van der Waals surface area contributed by atoms with Crippen LogP contribution >= 0.6 is 0 Å². The van der Waals surface area contributed by atoms with Crippen molar-refractivity contribution in [2.24, 2.45) is 0 Å². The first-order valence-corrected chi connectivity index (χ1v) is 5.77. The summed E-state index contributed by atoms with van der Waals surface area (Å²) in [5.74, 6) is -0.362. The van der Waals surface area contributed by atoms with Crippen molar-refractivity contribution in [2.45, 2.75) is 20.0 Å². The Morgan fingerprint density at radius 2 is 1.71 bits per heavy atom. The maximum atomic E-state index is 11.1. The molecule has 0 saturated heterocycles. The van der Waals surface area contributed by atoms with E-state index in [-0.39, 0.29) is 12.6 Å². The molecule has 0 amide bonds. The summed E-state index contributed by atoms with van der Waals surface area (Å²) in [5, 5.41) is 8.43. The molecule has 0 unspecified atom stereocenters. The molecule has 102 valence electrons. The molecule has 1 atom stereocenters. The molecule has 0 aromatic heterocycles. The van der Waals surface area contributed by atoms with E-state index < -0.39 is 6.10 Å². The molecule has 0 aromatic carbocycles. The molecule has 6 nitrogen and oxygen atoms in total. The lowest BCUT2D eigenvalue weighted by Crippen LogP contribution is -2.25. The van der Waals surface area contributed by atoms with E-state index >= 15 is 0 Å². The summed E-state index contributed by atoms with van der Waals surface area (Å²) in [6.45, 7) is 5.69. The van der Waals surface area contributed by atoms with Gasteiger partial charge in [-0.3, -0.25) is 0 Å². The van der Waals surface area contributed by atoms with Crippen molar-refractivity contribution in [3.05, 3.63) is 0 Å². The normalized spacial score (nSPS) is 12.4. The van der Waals surface area contributed by atoms with Gasteiger partial charge in [0.05, 0.1) is 46.2 Å². The first-order chi connectivity index (χ1) is 8.22. The number of esters is 1. The third-order valence-corrected chi connectivity index (χ3v) is 1.82. The van der Waals surface area contributed by atoms with Crippen molar-refractivity contribution in [3.8, 4) is 0 Å². The summed E-state index contributed by atoms with van der Waals surface area (Å²) >= 11 is 0. The number of hydrogen-bond donors (Lipinski definition) is 1. The lowest BCUT2D eigenvalue weighted by molar-refractivity contribution is -0.156. The molecular weight excluding hydrogens is 228 g/mol. The molecule has 0 spiro atoms. The van der Waals surface area contributed by atoms with E-state index in [1.165, 1.54) is 0 Å². The molecule has 0 bridgehead atoms. The van der Waals surface area contributed by atoms with Crippen LogP contribution < -0.4 is 0 Å². The monoisotopic (exact) mass is 250 g/mol. The predicted octanol–water partition coefficient (Wildman–Crippen LogP) is -0.0199. The molecule has 0 saturated carbocycles. The largest absolute Gasteiger partial charge is 0.464 e. The Morgan fingerprint density at radius 3 is 2.29 bits per heavy atom. The van der Waals surface area contributed by atoms with E-state index in [0.29, 0.717) is 39.6 Å². The Hall–Kier alpha value is -0.690. The van der Waals surface area contributed by atoms with Crippen LogP contribution in [0, 0.1) is 0 Å². The maximum Gasteiger partial charge on any atom is 0.334 e. The highest BCUT2D eigenvalue weighted by molar-refractivity contribution is 5.74. The fraction of sp³-hybridized carbons (Fsp3) is 0.909. The summed E-state index contributed by atoms with van der Waals surface area (Å²) in [6.07, 6.45) is -0.566. The smallest absolute Gasteiger partial charge is 0.334 e. The zero-order valence-electron chi connectivity index (χ0n) is 10.5. The van der Waals surface area contributed by atoms with Gasteiger partial charge in [0.25, 0.3) is 0 Å². The van der Waals surface area contributed by atoms with Crippen LogP contribution in [0.4, 0.5) is 0 Å².